The van der Waals surface area contributed by atoms with Crippen molar-refractivity contribution in [3.8, 4) is 0 Å². The molecule has 0 radical (unpaired) electrons. The maximum atomic E-state index is 12.1. The quantitative estimate of drug-likeness (QED) is 0.727. The number of fused-ring (bicyclic) bond motifs is 4. The molecule has 3 fully saturated rings. The first kappa shape index (κ1) is 14.7. The molecule has 0 spiro atoms. The number of hydrogen-bond donors (Lipinski definition) is 0. The topological polar surface area (TPSA) is 34.1 Å². The van der Waals surface area contributed by atoms with E-state index in [2.05, 4.69) is 13.0 Å². The first-order valence-corrected chi connectivity index (χ1v) is 9.20. The fourth-order valence-electron chi connectivity index (χ4n) is 6.75. The second kappa shape index (κ2) is 5.04. The average molecular weight is 300 g/mol. The zero-order chi connectivity index (χ0) is 15.5. The summed E-state index contributed by atoms with van der Waals surface area (Å²) in [6.07, 6.45) is 12.3. The van der Waals surface area contributed by atoms with Crippen molar-refractivity contribution in [1.29, 1.82) is 0 Å². The predicted octanol–water partition coefficient (Wildman–Crippen LogP) is 4.19. The first-order valence-electron chi connectivity index (χ1n) is 9.20. The lowest BCUT2D eigenvalue weighted by atomic mass is 9.51. The van der Waals surface area contributed by atoms with Gasteiger partial charge in [0.1, 0.15) is 5.78 Å². The Kier molecular flexibility index (Phi) is 3.36. The van der Waals surface area contributed by atoms with E-state index in [0.717, 1.165) is 30.6 Å². The number of allylic oxidation sites excluding steroid dienone is 2. The summed E-state index contributed by atoms with van der Waals surface area (Å²) in [6, 6.07) is 0. The Balaban J connectivity index is 1.60. The van der Waals surface area contributed by atoms with Crippen LogP contribution in [-0.2, 0) is 9.59 Å². The van der Waals surface area contributed by atoms with Crippen molar-refractivity contribution in [3.05, 3.63) is 12.2 Å². The third-order valence-corrected chi connectivity index (χ3v) is 7.80. The van der Waals surface area contributed by atoms with E-state index in [9.17, 15) is 9.59 Å². The highest BCUT2D eigenvalue weighted by Gasteiger charge is 2.56. The van der Waals surface area contributed by atoms with E-state index in [1.54, 1.807) is 6.92 Å². The van der Waals surface area contributed by atoms with Crippen molar-refractivity contribution in [3.63, 3.8) is 0 Å². The highest BCUT2D eigenvalue weighted by molar-refractivity contribution is 5.90. The van der Waals surface area contributed by atoms with Gasteiger partial charge < -0.3 is 0 Å². The molecule has 22 heavy (non-hydrogen) atoms. The molecule has 4 aliphatic rings. The van der Waals surface area contributed by atoms with Crippen molar-refractivity contribution < 1.29 is 9.59 Å². The van der Waals surface area contributed by atoms with Crippen LogP contribution in [0.25, 0.3) is 0 Å². The Morgan fingerprint density at radius 3 is 2.73 bits per heavy atom. The van der Waals surface area contributed by atoms with Crippen molar-refractivity contribution in [2.75, 3.05) is 0 Å². The smallest absolute Gasteiger partial charge is 0.155 e. The second-order valence-electron chi connectivity index (χ2n) is 8.75. The Hall–Kier alpha value is -0.920. The number of Topliss-reactive ketones (excluding diaryl/α,β-unsaturated/α-hetero) is 1. The SMILES string of the molecule is CC(=O)[C@H]1CC[C@H]2C[C@@H]3[C@H](CC[C@H]4CC(=O)C=C[C@@H]43)C[C@@]21C. The Morgan fingerprint density at radius 2 is 1.95 bits per heavy atom. The molecule has 3 saturated carbocycles. The summed E-state index contributed by atoms with van der Waals surface area (Å²) in [5.74, 6) is 4.57. The zero-order valence-corrected chi connectivity index (χ0v) is 13.9. The molecule has 0 aliphatic heterocycles. The molecule has 0 aromatic rings. The largest absolute Gasteiger partial charge is 0.300 e. The van der Waals surface area contributed by atoms with Gasteiger partial charge in [0.05, 0.1) is 0 Å². The highest BCUT2D eigenvalue weighted by Crippen LogP contribution is 2.62. The highest BCUT2D eigenvalue weighted by atomic mass is 16.1. The van der Waals surface area contributed by atoms with E-state index in [-0.39, 0.29) is 5.41 Å². The van der Waals surface area contributed by atoms with Gasteiger partial charge >= 0.3 is 0 Å². The molecule has 0 unspecified atom stereocenters. The minimum Gasteiger partial charge on any atom is -0.300 e. The lowest BCUT2D eigenvalue weighted by molar-refractivity contribution is -0.127. The van der Waals surface area contributed by atoms with Gasteiger partial charge in [0.15, 0.2) is 5.78 Å². The molecule has 4 rings (SSSR count). The Labute approximate surface area is 133 Å². The lowest BCUT2D eigenvalue weighted by Crippen LogP contribution is -2.47. The van der Waals surface area contributed by atoms with Crippen LogP contribution in [0.15, 0.2) is 12.2 Å². The van der Waals surface area contributed by atoms with Crippen LogP contribution >= 0.6 is 0 Å². The van der Waals surface area contributed by atoms with Gasteiger partial charge in [-0.25, -0.2) is 0 Å². The predicted molar refractivity (Wildman–Crippen MR) is 86.2 cm³/mol. The number of hydrogen-bond acceptors (Lipinski definition) is 2. The molecular weight excluding hydrogens is 272 g/mol. The van der Waals surface area contributed by atoms with Crippen LogP contribution in [0.3, 0.4) is 0 Å². The van der Waals surface area contributed by atoms with Crippen molar-refractivity contribution in [1.82, 2.24) is 0 Å². The number of ketones is 2. The van der Waals surface area contributed by atoms with Gasteiger partial charge in [-0.2, -0.15) is 0 Å². The molecule has 4 aliphatic carbocycles. The van der Waals surface area contributed by atoms with Gasteiger partial charge in [-0.1, -0.05) is 13.0 Å². The standard InChI is InChI=1S/C20H28O2/c1-12(21)19-8-5-15-10-18-14(11-20(15,19)2)4-3-13-9-16(22)6-7-17(13)18/h6-7,13-15,17-19H,3-5,8-11H2,1-2H3/t13-,14+,15-,17-,18+,19+,20-/m0/s1. The summed E-state index contributed by atoms with van der Waals surface area (Å²) in [5.41, 5.74) is 0.258. The van der Waals surface area contributed by atoms with E-state index in [0.29, 0.717) is 29.3 Å². The first-order chi connectivity index (χ1) is 10.5. The normalized spacial score (nSPS) is 50.2. The molecule has 0 amide bonds. The maximum Gasteiger partial charge on any atom is 0.155 e. The molecule has 0 saturated heterocycles. The fourth-order valence-corrected chi connectivity index (χ4v) is 6.75. The molecule has 2 nitrogen and oxygen atoms in total. The number of carbonyl (C=O) groups excluding carboxylic acids is 2. The molecule has 0 N–H and O–H groups in total. The summed E-state index contributed by atoms with van der Waals surface area (Å²) in [5, 5.41) is 0. The fraction of sp³-hybridized carbons (Fsp3) is 0.800. The van der Waals surface area contributed by atoms with Gasteiger partial charge in [0, 0.05) is 12.3 Å². The summed E-state index contributed by atoms with van der Waals surface area (Å²) >= 11 is 0. The second-order valence-corrected chi connectivity index (χ2v) is 8.75. The molecule has 0 aromatic carbocycles. The van der Waals surface area contributed by atoms with Crippen molar-refractivity contribution in [2.45, 2.75) is 58.8 Å². The van der Waals surface area contributed by atoms with Gasteiger partial charge in [-0.15, -0.1) is 0 Å². The van der Waals surface area contributed by atoms with Gasteiger partial charge in [-0.3, -0.25) is 9.59 Å². The van der Waals surface area contributed by atoms with Gasteiger partial charge in [0.25, 0.3) is 0 Å². The summed E-state index contributed by atoms with van der Waals surface area (Å²) in [6.45, 7) is 4.20. The molecule has 0 aromatic heterocycles. The third-order valence-electron chi connectivity index (χ3n) is 7.80. The summed E-state index contributed by atoms with van der Waals surface area (Å²) in [4.78, 5) is 23.8. The average Bonchev–Trinajstić information content (AvgIpc) is 2.80. The molecular formula is C20H28O2. The van der Waals surface area contributed by atoms with E-state index >= 15 is 0 Å². The maximum absolute atomic E-state index is 12.1. The number of rotatable bonds is 1. The minimum atomic E-state index is 0.258. The monoisotopic (exact) mass is 300 g/mol. The van der Waals surface area contributed by atoms with Crippen LogP contribution in [0.5, 0.6) is 0 Å². The molecule has 0 bridgehead atoms. The zero-order valence-electron chi connectivity index (χ0n) is 13.9. The van der Waals surface area contributed by atoms with Gasteiger partial charge in [-0.05, 0) is 86.5 Å². The van der Waals surface area contributed by atoms with Crippen LogP contribution in [0.4, 0.5) is 0 Å². The van der Waals surface area contributed by atoms with E-state index in [1.807, 2.05) is 6.08 Å². The lowest BCUT2D eigenvalue weighted by Gasteiger charge is -2.53. The molecule has 0 heterocycles. The minimum absolute atomic E-state index is 0.258. The van der Waals surface area contributed by atoms with E-state index < -0.39 is 0 Å². The van der Waals surface area contributed by atoms with E-state index in [1.165, 1.54) is 32.1 Å². The molecule has 120 valence electrons. The van der Waals surface area contributed by atoms with Crippen LogP contribution in [0, 0.1) is 40.9 Å². The van der Waals surface area contributed by atoms with Crippen LogP contribution in [0.1, 0.15) is 58.8 Å². The molecule has 7 atom stereocenters. The van der Waals surface area contributed by atoms with Crippen LogP contribution in [-0.4, -0.2) is 11.6 Å². The Morgan fingerprint density at radius 1 is 1.18 bits per heavy atom. The summed E-state index contributed by atoms with van der Waals surface area (Å²) in [7, 11) is 0. The van der Waals surface area contributed by atoms with Gasteiger partial charge in [0.2, 0.25) is 0 Å². The Bertz CT molecular complexity index is 534. The number of carbonyl (C=O) groups is 2. The third kappa shape index (κ3) is 2.06. The van der Waals surface area contributed by atoms with E-state index in [4.69, 9.17) is 0 Å². The van der Waals surface area contributed by atoms with Crippen molar-refractivity contribution in [2.24, 2.45) is 40.9 Å². The summed E-state index contributed by atoms with van der Waals surface area (Å²) < 4.78 is 0. The van der Waals surface area contributed by atoms with Crippen molar-refractivity contribution >= 4 is 11.6 Å². The molecule has 2 heteroatoms. The van der Waals surface area contributed by atoms with Crippen LogP contribution in [0.2, 0.25) is 0 Å². The van der Waals surface area contributed by atoms with Crippen LogP contribution < -0.4 is 0 Å².